The number of hydrogen-bond donors (Lipinski definition) is 1. The number of aromatic nitrogens is 3. The molecule has 0 aliphatic carbocycles. The third-order valence-corrected chi connectivity index (χ3v) is 5.98. The number of nitrogens with one attached hydrogen (secondary N) is 1. The maximum Gasteiger partial charge on any atom is 0.295 e. The van der Waals surface area contributed by atoms with E-state index in [2.05, 4.69) is 28.4 Å². The van der Waals surface area contributed by atoms with Crippen LogP contribution in [0.1, 0.15) is 27.3 Å². The van der Waals surface area contributed by atoms with E-state index in [0.717, 1.165) is 33.7 Å². The van der Waals surface area contributed by atoms with Gasteiger partial charge in [0.05, 0.1) is 5.69 Å². The fourth-order valence-electron chi connectivity index (χ4n) is 3.93. The molecule has 5 aromatic rings. The van der Waals surface area contributed by atoms with Crippen molar-refractivity contribution in [3.8, 4) is 28.6 Å². The van der Waals surface area contributed by atoms with E-state index < -0.39 is 0 Å². The summed E-state index contributed by atoms with van der Waals surface area (Å²) in [5, 5.41) is 7.52. The van der Waals surface area contributed by atoms with Crippen LogP contribution < -0.4 is 10.1 Å². The average molecular weight is 475 g/mol. The van der Waals surface area contributed by atoms with Gasteiger partial charge in [0, 0.05) is 11.3 Å². The van der Waals surface area contributed by atoms with E-state index in [1.807, 2.05) is 92.7 Å². The second-order valence-corrected chi connectivity index (χ2v) is 8.65. The standard InChI is InChI=1S/C30H26N4O2/c1-20-9-7-11-23(19-20)29-32-28(33-34(29)27-14-8-10-21(2)22(27)3)30(35)31-24-15-17-26(18-16-24)36-25-12-5-4-6-13-25/h4-19H,1-3H3,(H,31,35). The molecule has 0 radical (unpaired) electrons. The SMILES string of the molecule is Cc1cccc(-c2nc(C(=O)Nc3ccc(Oc4ccccc4)cc3)nn2-c2cccc(C)c2C)c1. The van der Waals surface area contributed by atoms with Gasteiger partial charge >= 0.3 is 0 Å². The molecule has 5 rings (SSSR count). The zero-order valence-electron chi connectivity index (χ0n) is 20.4. The van der Waals surface area contributed by atoms with Crippen LogP contribution >= 0.6 is 0 Å². The van der Waals surface area contributed by atoms with Crippen molar-refractivity contribution in [1.29, 1.82) is 0 Å². The summed E-state index contributed by atoms with van der Waals surface area (Å²) in [5.41, 5.74) is 5.73. The number of hydrogen-bond acceptors (Lipinski definition) is 4. The second-order valence-electron chi connectivity index (χ2n) is 8.65. The molecule has 0 saturated heterocycles. The lowest BCUT2D eigenvalue weighted by Crippen LogP contribution is -2.14. The fraction of sp³-hybridized carbons (Fsp3) is 0.100. The Hall–Kier alpha value is -4.71. The van der Waals surface area contributed by atoms with Gasteiger partial charge in [-0.05, 0) is 80.4 Å². The number of para-hydroxylation sites is 1. The third-order valence-electron chi connectivity index (χ3n) is 5.98. The van der Waals surface area contributed by atoms with Gasteiger partial charge in [0.25, 0.3) is 5.91 Å². The molecule has 1 heterocycles. The lowest BCUT2D eigenvalue weighted by Gasteiger charge is -2.11. The molecule has 0 aliphatic rings. The first-order valence-corrected chi connectivity index (χ1v) is 11.7. The summed E-state index contributed by atoms with van der Waals surface area (Å²) in [4.78, 5) is 17.8. The van der Waals surface area contributed by atoms with E-state index in [4.69, 9.17) is 4.74 Å². The van der Waals surface area contributed by atoms with Crippen LogP contribution in [-0.2, 0) is 0 Å². The number of carbonyl (C=O) groups excluding carboxylic acids is 1. The summed E-state index contributed by atoms with van der Waals surface area (Å²) in [7, 11) is 0. The number of benzene rings is 4. The number of nitrogens with zero attached hydrogens (tertiary/aromatic N) is 3. The molecule has 36 heavy (non-hydrogen) atoms. The number of amides is 1. The van der Waals surface area contributed by atoms with Crippen LogP contribution in [0.25, 0.3) is 17.1 Å². The van der Waals surface area contributed by atoms with Crippen LogP contribution in [0.4, 0.5) is 5.69 Å². The highest BCUT2D eigenvalue weighted by Gasteiger charge is 2.20. The van der Waals surface area contributed by atoms with E-state index in [0.29, 0.717) is 17.3 Å². The quantitative estimate of drug-likeness (QED) is 0.290. The minimum atomic E-state index is -0.385. The molecule has 0 spiro atoms. The highest BCUT2D eigenvalue weighted by atomic mass is 16.5. The molecule has 0 unspecified atom stereocenters. The van der Waals surface area contributed by atoms with Crippen molar-refractivity contribution in [2.75, 3.05) is 5.32 Å². The summed E-state index contributed by atoms with van der Waals surface area (Å²) in [6.07, 6.45) is 0. The molecule has 1 amide bonds. The summed E-state index contributed by atoms with van der Waals surface area (Å²) in [6, 6.07) is 30.8. The van der Waals surface area contributed by atoms with Crippen molar-refractivity contribution in [1.82, 2.24) is 14.8 Å². The topological polar surface area (TPSA) is 69.0 Å². The number of carbonyl (C=O) groups is 1. The lowest BCUT2D eigenvalue weighted by atomic mass is 10.1. The average Bonchev–Trinajstić information content (AvgIpc) is 3.33. The van der Waals surface area contributed by atoms with E-state index in [1.165, 1.54) is 0 Å². The number of aryl methyl sites for hydroxylation is 2. The molecule has 6 nitrogen and oxygen atoms in total. The maximum atomic E-state index is 13.2. The Kier molecular flexibility index (Phi) is 6.33. The minimum Gasteiger partial charge on any atom is -0.457 e. The molecular formula is C30H26N4O2. The smallest absolute Gasteiger partial charge is 0.295 e. The molecule has 6 heteroatoms. The molecule has 0 fully saturated rings. The molecular weight excluding hydrogens is 448 g/mol. The molecule has 0 atom stereocenters. The minimum absolute atomic E-state index is 0.0945. The monoisotopic (exact) mass is 474 g/mol. The van der Waals surface area contributed by atoms with Crippen LogP contribution in [0, 0.1) is 20.8 Å². The highest BCUT2D eigenvalue weighted by Crippen LogP contribution is 2.26. The van der Waals surface area contributed by atoms with E-state index >= 15 is 0 Å². The summed E-state index contributed by atoms with van der Waals surface area (Å²) < 4.78 is 7.58. The van der Waals surface area contributed by atoms with E-state index in [1.54, 1.807) is 16.8 Å². The Morgan fingerprint density at radius 1 is 0.806 bits per heavy atom. The van der Waals surface area contributed by atoms with Gasteiger partial charge in [-0.1, -0.05) is 54.1 Å². The van der Waals surface area contributed by atoms with Crippen molar-refractivity contribution in [3.63, 3.8) is 0 Å². The van der Waals surface area contributed by atoms with Gasteiger partial charge < -0.3 is 10.1 Å². The number of anilines is 1. The molecule has 1 aromatic heterocycles. The predicted molar refractivity (Wildman–Crippen MR) is 142 cm³/mol. The largest absolute Gasteiger partial charge is 0.457 e. The van der Waals surface area contributed by atoms with Crippen molar-refractivity contribution in [2.45, 2.75) is 20.8 Å². The van der Waals surface area contributed by atoms with E-state index in [9.17, 15) is 4.79 Å². The highest BCUT2D eigenvalue weighted by molar-refractivity contribution is 6.01. The zero-order chi connectivity index (χ0) is 25.1. The molecule has 4 aromatic carbocycles. The van der Waals surface area contributed by atoms with Crippen LogP contribution in [-0.4, -0.2) is 20.7 Å². The van der Waals surface area contributed by atoms with Gasteiger partial charge in [-0.25, -0.2) is 9.67 Å². The van der Waals surface area contributed by atoms with Gasteiger partial charge in [-0.15, -0.1) is 5.10 Å². The van der Waals surface area contributed by atoms with Gasteiger partial charge in [0.15, 0.2) is 5.82 Å². The molecule has 0 bridgehead atoms. The molecule has 0 aliphatic heterocycles. The van der Waals surface area contributed by atoms with Crippen LogP contribution in [0.2, 0.25) is 0 Å². The number of rotatable bonds is 6. The second kappa shape index (κ2) is 9.88. The summed E-state index contributed by atoms with van der Waals surface area (Å²) >= 11 is 0. The Morgan fingerprint density at radius 3 is 2.28 bits per heavy atom. The summed E-state index contributed by atoms with van der Waals surface area (Å²) in [6.45, 7) is 6.13. The normalized spacial score (nSPS) is 10.8. The van der Waals surface area contributed by atoms with Crippen molar-refractivity contribution < 1.29 is 9.53 Å². The van der Waals surface area contributed by atoms with E-state index in [-0.39, 0.29) is 11.7 Å². The Morgan fingerprint density at radius 2 is 1.53 bits per heavy atom. The first-order chi connectivity index (χ1) is 17.5. The van der Waals surface area contributed by atoms with Crippen LogP contribution in [0.5, 0.6) is 11.5 Å². The Balaban J connectivity index is 1.44. The molecule has 178 valence electrons. The molecule has 0 saturated carbocycles. The van der Waals surface area contributed by atoms with Gasteiger partial charge in [0.1, 0.15) is 11.5 Å². The van der Waals surface area contributed by atoms with Crippen LogP contribution in [0.3, 0.4) is 0 Å². The Bertz CT molecular complexity index is 1520. The van der Waals surface area contributed by atoms with Gasteiger partial charge in [-0.3, -0.25) is 4.79 Å². The van der Waals surface area contributed by atoms with Crippen LogP contribution in [0.15, 0.2) is 97.1 Å². The van der Waals surface area contributed by atoms with Gasteiger partial charge in [-0.2, -0.15) is 0 Å². The van der Waals surface area contributed by atoms with Gasteiger partial charge in [0.2, 0.25) is 5.82 Å². The van der Waals surface area contributed by atoms with Crippen molar-refractivity contribution in [2.24, 2.45) is 0 Å². The predicted octanol–water partition coefficient (Wildman–Crippen LogP) is 6.90. The lowest BCUT2D eigenvalue weighted by molar-refractivity contribution is 0.101. The first kappa shape index (κ1) is 23.1. The van der Waals surface area contributed by atoms with Crippen molar-refractivity contribution >= 4 is 11.6 Å². The fourth-order valence-corrected chi connectivity index (χ4v) is 3.93. The Labute approximate surface area is 210 Å². The third kappa shape index (κ3) is 4.88. The van der Waals surface area contributed by atoms with Crippen molar-refractivity contribution in [3.05, 3.63) is 120 Å². The zero-order valence-corrected chi connectivity index (χ0v) is 20.4. The number of ether oxygens (including phenoxy) is 1. The maximum absolute atomic E-state index is 13.2. The molecule has 1 N–H and O–H groups in total. The summed E-state index contributed by atoms with van der Waals surface area (Å²) in [5.74, 6) is 1.75. The first-order valence-electron chi connectivity index (χ1n) is 11.7.